The SMILES string of the molecule is COc1cccc(CN(C(=O)CCc2ccc(C(C)(C)C)cc2)[C@H](Cc2ccccc2)C(=O)NC2CCCCC2)c1. The molecule has 0 heterocycles. The highest BCUT2D eigenvalue weighted by atomic mass is 16.5. The fourth-order valence-electron chi connectivity index (χ4n) is 5.63. The van der Waals surface area contributed by atoms with Gasteiger partial charge >= 0.3 is 0 Å². The van der Waals surface area contributed by atoms with Crippen LogP contribution in [0.2, 0.25) is 0 Å². The number of amides is 2. The van der Waals surface area contributed by atoms with E-state index in [4.69, 9.17) is 4.74 Å². The predicted molar refractivity (Wildman–Crippen MR) is 166 cm³/mol. The summed E-state index contributed by atoms with van der Waals surface area (Å²) >= 11 is 0. The van der Waals surface area contributed by atoms with Crippen molar-refractivity contribution in [2.45, 2.75) is 96.2 Å². The molecule has 0 saturated heterocycles. The average Bonchev–Trinajstić information content (AvgIpc) is 2.98. The summed E-state index contributed by atoms with van der Waals surface area (Å²) in [5.41, 5.74) is 4.46. The first-order valence-electron chi connectivity index (χ1n) is 15.1. The van der Waals surface area contributed by atoms with Gasteiger partial charge < -0.3 is 15.0 Å². The second-order valence-corrected chi connectivity index (χ2v) is 12.4. The summed E-state index contributed by atoms with van der Waals surface area (Å²) in [7, 11) is 1.64. The molecule has 4 rings (SSSR count). The molecule has 0 bridgehead atoms. The molecule has 0 aromatic heterocycles. The number of benzene rings is 3. The van der Waals surface area contributed by atoms with Crippen LogP contribution in [0.5, 0.6) is 5.75 Å². The van der Waals surface area contributed by atoms with Crippen molar-refractivity contribution in [3.8, 4) is 5.75 Å². The Bertz CT molecular complexity index is 1260. The van der Waals surface area contributed by atoms with Crippen molar-refractivity contribution in [2.75, 3.05) is 7.11 Å². The van der Waals surface area contributed by atoms with Crippen molar-refractivity contribution in [1.29, 1.82) is 0 Å². The highest BCUT2D eigenvalue weighted by Gasteiger charge is 2.32. The predicted octanol–water partition coefficient (Wildman–Crippen LogP) is 7.01. The zero-order valence-electron chi connectivity index (χ0n) is 25.2. The maximum Gasteiger partial charge on any atom is 0.243 e. The Balaban J connectivity index is 1.60. The van der Waals surface area contributed by atoms with Crippen LogP contribution in [0.1, 0.15) is 81.5 Å². The molecule has 1 aliphatic carbocycles. The van der Waals surface area contributed by atoms with Crippen molar-refractivity contribution in [3.05, 3.63) is 101 Å². The van der Waals surface area contributed by atoms with E-state index < -0.39 is 6.04 Å². The number of nitrogens with zero attached hydrogens (tertiary/aromatic N) is 1. The van der Waals surface area contributed by atoms with Crippen LogP contribution in [-0.2, 0) is 34.4 Å². The number of carbonyl (C=O) groups excluding carboxylic acids is 2. The van der Waals surface area contributed by atoms with Crippen LogP contribution in [0.15, 0.2) is 78.9 Å². The van der Waals surface area contributed by atoms with Gasteiger partial charge in [0.05, 0.1) is 7.11 Å². The van der Waals surface area contributed by atoms with Gasteiger partial charge in [0.15, 0.2) is 0 Å². The lowest BCUT2D eigenvalue weighted by molar-refractivity contribution is -0.141. The first kappa shape index (κ1) is 30.4. The molecule has 0 aliphatic heterocycles. The zero-order chi connectivity index (χ0) is 29.2. The lowest BCUT2D eigenvalue weighted by Crippen LogP contribution is -2.52. The summed E-state index contributed by atoms with van der Waals surface area (Å²) in [5.74, 6) is 0.652. The lowest BCUT2D eigenvalue weighted by Gasteiger charge is -2.33. The van der Waals surface area contributed by atoms with E-state index in [-0.39, 0.29) is 23.3 Å². The molecule has 1 atom stereocenters. The summed E-state index contributed by atoms with van der Waals surface area (Å²) in [5, 5.41) is 3.32. The van der Waals surface area contributed by atoms with Gasteiger partial charge in [0.2, 0.25) is 11.8 Å². The molecule has 0 radical (unpaired) electrons. The number of hydrogen-bond donors (Lipinski definition) is 1. The third-order valence-electron chi connectivity index (χ3n) is 8.16. The van der Waals surface area contributed by atoms with Gasteiger partial charge in [0.25, 0.3) is 0 Å². The summed E-state index contributed by atoms with van der Waals surface area (Å²) in [6.07, 6.45) is 6.91. The van der Waals surface area contributed by atoms with Crippen molar-refractivity contribution in [1.82, 2.24) is 10.2 Å². The molecule has 0 unspecified atom stereocenters. The fraction of sp³-hybridized carbons (Fsp3) is 0.444. The van der Waals surface area contributed by atoms with E-state index >= 15 is 0 Å². The molecule has 2 amide bonds. The minimum absolute atomic E-state index is 0.0209. The van der Waals surface area contributed by atoms with Gasteiger partial charge in [-0.3, -0.25) is 9.59 Å². The van der Waals surface area contributed by atoms with Crippen LogP contribution in [0.25, 0.3) is 0 Å². The van der Waals surface area contributed by atoms with Gasteiger partial charge in [-0.25, -0.2) is 0 Å². The van der Waals surface area contributed by atoms with E-state index in [1.54, 1.807) is 12.0 Å². The van der Waals surface area contributed by atoms with Crippen LogP contribution in [0, 0.1) is 0 Å². The van der Waals surface area contributed by atoms with E-state index in [0.29, 0.717) is 25.8 Å². The summed E-state index contributed by atoms with van der Waals surface area (Å²) in [6.45, 7) is 6.95. The van der Waals surface area contributed by atoms with Gasteiger partial charge in [-0.2, -0.15) is 0 Å². The van der Waals surface area contributed by atoms with Crippen molar-refractivity contribution < 1.29 is 14.3 Å². The molecule has 5 nitrogen and oxygen atoms in total. The van der Waals surface area contributed by atoms with E-state index in [9.17, 15) is 9.59 Å². The van der Waals surface area contributed by atoms with E-state index in [1.807, 2.05) is 54.6 Å². The summed E-state index contributed by atoms with van der Waals surface area (Å²) in [6, 6.07) is 25.9. The Morgan fingerprint density at radius 2 is 1.56 bits per heavy atom. The smallest absolute Gasteiger partial charge is 0.243 e. The van der Waals surface area contributed by atoms with Gasteiger partial charge in [0.1, 0.15) is 11.8 Å². The minimum Gasteiger partial charge on any atom is -0.497 e. The monoisotopic (exact) mass is 554 g/mol. The quantitative estimate of drug-likeness (QED) is 0.277. The molecule has 1 saturated carbocycles. The average molecular weight is 555 g/mol. The van der Waals surface area contributed by atoms with Crippen molar-refractivity contribution in [2.24, 2.45) is 0 Å². The molecule has 1 aliphatic rings. The Morgan fingerprint density at radius 1 is 0.878 bits per heavy atom. The van der Waals surface area contributed by atoms with Gasteiger partial charge in [-0.1, -0.05) is 107 Å². The summed E-state index contributed by atoms with van der Waals surface area (Å²) in [4.78, 5) is 29.8. The molecule has 218 valence electrons. The molecule has 5 heteroatoms. The first-order chi connectivity index (χ1) is 19.7. The maximum atomic E-state index is 14.0. The normalized spacial score (nSPS) is 14.7. The number of nitrogens with one attached hydrogen (secondary N) is 1. The molecular weight excluding hydrogens is 508 g/mol. The molecule has 3 aromatic rings. The molecular formula is C36H46N2O3. The van der Waals surface area contributed by atoms with Gasteiger partial charge in [-0.15, -0.1) is 0 Å². The molecule has 3 aromatic carbocycles. The Morgan fingerprint density at radius 3 is 2.22 bits per heavy atom. The third kappa shape index (κ3) is 8.94. The number of carbonyl (C=O) groups is 2. The lowest BCUT2D eigenvalue weighted by atomic mass is 9.86. The van der Waals surface area contributed by atoms with E-state index in [0.717, 1.165) is 48.1 Å². The minimum atomic E-state index is -0.610. The van der Waals surface area contributed by atoms with Crippen molar-refractivity contribution in [3.63, 3.8) is 0 Å². The third-order valence-corrected chi connectivity index (χ3v) is 8.16. The number of hydrogen-bond acceptors (Lipinski definition) is 3. The number of methoxy groups -OCH3 is 1. The van der Waals surface area contributed by atoms with Crippen LogP contribution in [-0.4, -0.2) is 35.9 Å². The van der Waals surface area contributed by atoms with Gasteiger partial charge in [0, 0.05) is 25.4 Å². The second-order valence-electron chi connectivity index (χ2n) is 12.4. The standard InChI is InChI=1S/C36H46N2O3/c1-36(2,3)30-21-18-27(19-22-30)20-23-34(39)38(26-29-14-11-17-32(24-29)41-4)33(25-28-12-7-5-8-13-28)35(40)37-31-15-9-6-10-16-31/h5,7-8,11-14,17-19,21-22,24,31,33H,6,9-10,15-16,20,23,25-26H2,1-4H3,(H,37,40)/t33-/m1/s1. The molecule has 41 heavy (non-hydrogen) atoms. The number of ether oxygens (including phenoxy) is 1. The summed E-state index contributed by atoms with van der Waals surface area (Å²) < 4.78 is 5.46. The van der Waals surface area contributed by atoms with Crippen LogP contribution in [0.4, 0.5) is 0 Å². The Labute approximate surface area is 246 Å². The maximum absolute atomic E-state index is 14.0. The Kier molecular flexibility index (Phi) is 10.6. The van der Waals surface area contributed by atoms with E-state index in [2.05, 4.69) is 50.4 Å². The van der Waals surface area contributed by atoms with Crippen LogP contribution in [0.3, 0.4) is 0 Å². The van der Waals surface area contributed by atoms with E-state index in [1.165, 1.54) is 12.0 Å². The van der Waals surface area contributed by atoms with Crippen LogP contribution < -0.4 is 10.1 Å². The largest absolute Gasteiger partial charge is 0.497 e. The molecule has 1 N–H and O–H groups in total. The van der Waals surface area contributed by atoms with Crippen molar-refractivity contribution >= 4 is 11.8 Å². The zero-order valence-corrected chi connectivity index (χ0v) is 25.2. The highest BCUT2D eigenvalue weighted by Crippen LogP contribution is 2.24. The highest BCUT2D eigenvalue weighted by molar-refractivity contribution is 5.88. The van der Waals surface area contributed by atoms with Crippen LogP contribution >= 0.6 is 0 Å². The number of aryl methyl sites for hydroxylation is 1. The fourth-order valence-corrected chi connectivity index (χ4v) is 5.63. The number of rotatable bonds is 11. The molecule has 1 fully saturated rings. The van der Waals surface area contributed by atoms with Gasteiger partial charge in [-0.05, 0) is 59.1 Å². The molecule has 0 spiro atoms. The second kappa shape index (κ2) is 14.3. The topological polar surface area (TPSA) is 58.6 Å². The first-order valence-corrected chi connectivity index (χ1v) is 15.1. The Hall–Kier alpha value is -3.60.